The molecular formula is C32H25N. The minimum atomic E-state index is -0.178. The first-order valence-electron chi connectivity index (χ1n) is 12.2. The van der Waals surface area contributed by atoms with Crippen molar-refractivity contribution in [3.63, 3.8) is 0 Å². The fraction of sp³-hybridized carbons (Fsp3) is 0.188. The number of fused-ring (bicyclic) bond motifs is 11. The maximum Gasteiger partial charge on any atom is 0.0585 e. The smallest absolute Gasteiger partial charge is 0.0585 e. The number of benzene rings is 3. The third-order valence-corrected chi connectivity index (χ3v) is 8.90. The van der Waals surface area contributed by atoms with Gasteiger partial charge in [0.15, 0.2) is 0 Å². The Morgan fingerprint density at radius 2 is 1.67 bits per heavy atom. The van der Waals surface area contributed by atoms with Crippen molar-refractivity contribution in [2.45, 2.75) is 25.2 Å². The van der Waals surface area contributed by atoms with Gasteiger partial charge >= 0.3 is 0 Å². The lowest BCUT2D eigenvalue weighted by molar-refractivity contribution is 0.314. The summed E-state index contributed by atoms with van der Waals surface area (Å²) >= 11 is 0. The molecule has 8 rings (SSSR count). The number of aromatic nitrogens is 1. The lowest BCUT2D eigenvalue weighted by Crippen LogP contribution is -2.42. The van der Waals surface area contributed by atoms with Crippen LogP contribution < -0.4 is 0 Å². The van der Waals surface area contributed by atoms with E-state index in [1.54, 1.807) is 5.57 Å². The zero-order chi connectivity index (χ0) is 21.8. The van der Waals surface area contributed by atoms with Crippen LogP contribution in [0.15, 0.2) is 114 Å². The van der Waals surface area contributed by atoms with E-state index in [1.807, 2.05) is 0 Å². The molecule has 4 aliphatic rings. The zero-order valence-electron chi connectivity index (χ0n) is 18.8. The molecule has 0 bridgehead atoms. The van der Waals surface area contributed by atoms with Crippen LogP contribution in [-0.4, -0.2) is 4.57 Å². The Morgan fingerprint density at radius 1 is 0.848 bits per heavy atom. The standard InChI is InChI=1S/C32H25N/c1-31-20-9-8-19-29(31)32(24-14-4-3-13-23(24)31)25-15-5-7-18-28(25)33-27-17-6-2-11-21(27)22-12-10-16-26(32)30(22)33/h2,4-12,14-20,29H,3,13H2,1H3. The average Bonchev–Trinajstić information content (AvgIpc) is 3.32. The first-order valence-corrected chi connectivity index (χ1v) is 12.2. The number of hydrogen-bond acceptors (Lipinski definition) is 0. The topological polar surface area (TPSA) is 4.93 Å². The van der Waals surface area contributed by atoms with Gasteiger partial charge in [-0.25, -0.2) is 0 Å². The summed E-state index contributed by atoms with van der Waals surface area (Å²) in [5.41, 5.74) is 9.95. The molecule has 33 heavy (non-hydrogen) atoms. The summed E-state index contributed by atoms with van der Waals surface area (Å²) in [6, 6.07) is 25.1. The summed E-state index contributed by atoms with van der Waals surface area (Å²) in [5.74, 6) is 0.362. The molecule has 3 aromatic carbocycles. The average molecular weight is 424 g/mol. The Balaban J connectivity index is 1.64. The molecule has 158 valence electrons. The van der Waals surface area contributed by atoms with Gasteiger partial charge in [-0.1, -0.05) is 104 Å². The van der Waals surface area contributed by atoms with Crippen LogP contribution in [0.2, 0.25) is 0 Å². The minimum Gasteiger partial charge on any atom is -0.309 e. The first kappa shape index (κ1) is 17.9. The summed E-state index contributed by atoms with van der Waals surface area (Å²) in [7, 11) is 0. The van der Waals surface area contributed by atoms with Gasteiger partial charge in [0.2, 0.25) is 0 Å². The summed E-state index contributed by atoms with van der Waals surface area (Å²) < 4.78 is 2.53. The van der Waals surface area contributed by atoms with Gasteiger partial charge in [-0.3, -0.25) is 0 Å². The molecule has 0 fully saturated rings. The summed E-state index contributed by atoms with van der Waals surface area (Å²) in [6.07, 6.45) is 16.7. The molecule has 3 unspecified atom stereocenters. The Hall–Kier alpha value is -3.58. The Morgan fingerprint density at radius 3 is 2.64 bits per heavy atom. The number of allylic oxidation sites excluding steroid dienone is 8. The van der Waals surface area contributed by atoms with Gasteiger partial charge in [0.05, 0.1) is 22.1 Å². The lowest BCUT2D eigenvalue weighted by atomic mass is 9.57. The third-order valence-electron chi connectivity index (χ3n) is 8.90. The second kappa shape index (κ2) is 5.85. The van der Waals surface area contributed by atoms with Crippen molar-refractivity contribution in [2.75, 3.05) is 0 Å². The van der Waals surface area contributed by atoms with Crippen LogP contribution in [0, 0.1) is 11.3 Å². The SMILES string of the molecule is CC12C=CC=CC1C1(C3=C2CCC=C3)c2ccccc2-n2c3ccccc3c3cccc1c32. The minimum absolute atomic E-state index is 0.0400. The van der Waals surface area contributed by atoms with E-state index in [0.29, 0.717) is 5.92 Å². The van der Waals surface area contributed by atoms with Crippen LogP contribution in [0.25, 0.3) is 27.5 Å². The molecule has 2 heterocycles. The van der Waals surface area contributed by atoms with E-state index in [0.717, 1.165) is 12.8 Å². The monoisotopic (exact) mass is 423 g/mol. The van der Waals surface area contributed by atoms with Crippen LogP contribution >= 0.6 is 0 Å². The van der Waals surface area contributed by atoms with Gasteiger partial charge in [0, 0.05) is 22.1 Å². The van der Waals surface area contributed by atoms with Crippen molar-refractivity contribution in [3.05, 3.63) is 125 Å². The van der Waals surface area contributed by atoms with Crippen molar-refractivity contribution in [3.8, 4) is 5.69 Å². The molecule has 1 spiro atoms. The highest BCUT2D eigenvalue weighted by Crippen LogP contribution is 2.68. The Bertz CT molecular complexity index is 1640. The summed E-state index contributed by atoms with van der Waals surface area (Å²) in [5, 5.41) is 2.71. The zero-order valence-corrected chi connectivity index (χ0v) is 18.8. The van der Waals surface area contributed by atoms with E-state index < -0.39 is 0 Å². The maximum absolute atomic E-state index is 2.53. The number of hydrogen-bond donors (Lipinski definition) is 0. The molecule has 1 nitrogen and oxygen atoms in total. The van der Waals surface area contributed by atoms with Crippen molar-refractivity contribution < 1.29 is 0 Å². The van der Waals surface area contributed by atoms with E-state index in [4.69, 9.17) is 0 Å². The van der Waals surface area contributed by atoms with Crippen LogP contribution in [0.3, 0.4) is 0 Å². The summed E-state index contributed by atoms with van der Waals surface area (Å²) in [6.45, 7) is 2.48. The molecule has 4 aromatic rings. The number of para-hydroxylation sites is 3. The quantitative estimate of drug-likeness (QED) is 0.272. The van der Waals surface area contributed by atoms with Gasteiger partial charge in [-0.2, -0.15) is 0 Å². The van der Waals surface area contributed by atoms with Crippen LogP contribution in [0.1, 0.15) is 30.9 Å². The molecule has 3 atom stereocenters. The van der Waals surface area contributed by atoms with Gasteiger partial charge in [0.1, 0.15) is 0 Å². The molecule has 1 aliphatic heterocycles. The van der Waals surface area contributed by atoms with Crippen LogP contribution in [0.5, 0.6) is 0 Å². The van der Waals surface area contributed by atoms with Gasteiger partial charge < -0.3 is 4.57 Å². The highest BCUT2D eigenvalue weighted by molar-refractivity contribution is 6.12. The number of nitrogens with zero attached hydrogens (tertiary/aromatic N) is 1. The predicted octanol–water partition coefficient (Wildman–Crippen LogP) is 7.79. The normalized spacial score (nSPS) is 28.6. The highest BCUT2D eigenvalue weighted by atomic mass is 15.0. The predicted molar refractivity (Wildman–Crippen MR) is 137 cm³/mol. The van der Waals surface area contributed by atoms with E-state index in [2.05, 4.69) is 115 Å². The van der Waals surface area contributed by atoms with Crippen molar-refractivity contribution in [2.24, 2.45) is 11.3 Å². The molecule has 0 amide bonds. The summed E-state index contributed by atoms with van der Waals surface area (Å²) in [4.78, 5) is 0. The second-order valence-electron chi connectivity index (χ2n) is 10.2. The van der Waals surface area contributed by atoms with Crippen LogP contribution in [0.4, 0.5) is 0 Å². The number of rotatable bonds is 0. The third kappa shape index (κ3) is 1.85. The molecular weight excluding hydrogens is 398 g/mol. The van der Waals surface area contributed by atoms with Gasteiger partial charge in [-0.15, -0.1) is 0 Å². The van der Waals surface area contributed by atoms with Crippen molar-refractivity contribution in [1.29, 1.82) is 0 Å². The highest BCUT2D eigenvalue weighted by Gasteiger charge is 2.61. The molecule has 0 saturated heterocycles. The van der Waals surface area contributed by atoms with Gasteiger partial charge in [0.25, 0.3) is 0 Å². The van der Waals surface area contributed by atoms with Crippen molar-refractivity contribution >= 4 is 21.8 Å². The van der Waals surface area contributed by atoms with Gasteiger partial charge in [-0.05, 0) is 41.7 Å². The fourth-order valence-electron chi connectivity index (χ4n) is 7.74. The van der Waals surface area contributed by atoms with Crippen molar-refractivity contribution in [1.82, 2.24) is 4.57 Å². The molecule has 0 radical (unpaired) electrons. The largest absolute Gasteiger partial charge is 0.309 e. The van der Waals surface area contributed by atoms with E-state index in [1.165, 1.54) is 44.2 Å². The second-order valence-corrected chi connectivity index (χ2v) is 10.2. The lowest BCUT2D eigenvalue weighted by Gasteiger charge is -2.46. The van der Waals surface area contributed by atoms with E-state index in [9.17, 15) is 0 Å². The first-order chi connectivity index (χ1) is 16.3. The maximum atomic E-state index is 2.53. The van der Waals surface area contributed by atoms with E-state index in [-0.39, 0.29) is 10.8 Å². The molecule has 1 heteroatoms. The molecule has 1 aromatic heterocycles. The Kier molecular flexibility index (Phi) is 3.18. The Labute approximate surface area is 194 Å². The van der Waals surface area contributed by atoms with Crippen LogP contribution in [-0.2, 0) is 5.41 Å². The molecule has 3 aliphatic carbocycles. The fourth-order valence-corrected chi connectivity index (χ4v) is 7.74. The molecule has 0 N–H and O–H groups in total. The molecule has 0 saturated carbocycles. The van der Waals surface area contributed by atoms with E-state index >= 15 is 0 Å².